The summed E-state index contributed by atoms with van der Waals surface area (Å²) < 4.78 is 29.1. The summed E-state index contributed by atoms with van der Waals surface area (Å²) in [6.45, 7) is 1.58. The van der Waals surface area contributed by atoms with E-state index in [0.717, 1.165) is 23.6 Å². The number of ketones is 1. The number of hydrogen-bond donors (Lipinski definition) is 5. The van der Waals surface area contributed by atoms with Crippen LogP contribution in [0.2, 0.25) is 0 Å². The molecule has 0 unspecified atom stereocenters. The van der Waals surface area contributed by atoms with E-state index >= 15 is 0 Å². The first kappa shape index (κ1) is 27.1. The van der Waals surface area contributed by atoms with Gasteiger partial charge in [-0.2, -0.15) is 4.72 Å². The van der Waals surface area contributed by atoms with Gasteiger partial charge in [-0.1, -0.05) is 42.5 Å². The minimum Gasteiger partial charge on any atom is -0.398 e. The van der Waals surface area contributed by atoms with Crippen molar-refractivity contribution in [2.45, 2.75) is 30.2 Å². The SMILES string of the molecule is N=C(N)N1CCC[C@@H](CNC(=O)C[C@@H](NS(=O)(=O)c2ccc3ccccc3c2)C(=O)c2ccccc2N)C1. The number of Topliss-reactive ketones (excluding diaryl/α,β-unsaturated/α-hetero) is 1. The highest BCUT2D eigenvalue weighted by Gasteiger charge is 2.30. The van der Waals surface area contributed by atoms with Crippen LogP contribution < -0.4 is 21.5 Å². The maximum atomic E-state index is 13.4. The number of piperidine rings is 1. The van der Waals surface area contributed by atoms with Crippen LogP contribution in [0.15, 0.2) is 71.6 Å². The molecule has 1 aliphatic heterocycles. The van der Waals surface area contributed by atoms with Crippen LogP contribution in [0.3, 0.4) is 0 Å². The van der Waals surface area contributed by atoms with Crippen molar-refractivity contribution in [1.29, 1.82) is 5.41 Å². The van der Waals surface area contributed by atoms with E-state index in [1.54, 1.807) is 35.2 Å². The van der Waals surface area contributed by atoms with Crippen molar-refractivity contribution in [3.8, 4) is 0 Å². The molecule has 3 aromatic carbocycles. The van der Waals surface area contributed by atoms with E-state index in [9.17, 15) is 18.0 Å². The topological polar surface area (TPSA) is 171 Å². The van der Waals surface area contributed by atoms with E-state index in [0.29, 0.717) is 19.6 Å². The van der Waals surface area contributed by atoms with Gasteiger partial charge in [0.15, 0.2) is 11.7 Å². The van der Waals surface area contributed by atoms with Gasteiger partial charge in [0.2, 0.25) is 15.9 Å². The molecule has 0 radical (unpaired) electrons. The third kappa shape index (κ3) is 6.48. The summed E-state index contributed by atoms with van der Waals surface area (Å²) in [7, 11) is -4.15. The number of rotatable bonds is 9. The van der Waals surface area contributed by atoms with E-state index in [2.05, 4.69) is 10.0 Å². The van der Waals surface area contributed by atoms with E-state index < -0.39 is 34.2 Å². The number of carbonyl (C=O) groups excluding carboxylic acids is 2. The van der Waals surface area contributed by atoms with Crippen LogP contribution in [0.4, 0.5) is 5.69 Å². The lowest BCUT2D eigenvalue weighted by Crippen LogP contribution is -2.47. The molecule has 200 valence electrons. The number of sulfonamides is 1. The number of carbonyl (C=O) groups is 2. The van der Waals surface area contributed by atoms with E-state index in [1.807, 2.05) is 18.2 Å². The number of benzene rings is 3. The molecule has 1 fully saturated rings. The van der Waals surface area contributed by atoms with Gasteiger partial charge in [0.25, 0.3) is 0 Å². The van der Waals surface area contributed by atoms with Crippen molar-refractivity contribution in [2.24, 2.45) is 11.7 Å². The minimum absolute atomic E-state index is 0.00441. The third-order valence-electron chi connectivity index (χ3n) is 6.71. The minimum atomic E-state index is -4.15. The van der Waals surface area contributed by atoms with Crippen molar-refractivity contribution >= 4 is 44.1 Å². The van der Waals surface area contributed by atoms with Crippen molar-refractivity contribution in [3.63, 3.8) is 0 Å². The van der Waals surface area contributed by atoms with Gasteiger partial charge in [0.1, 0.15) is 0 Å². The van der Waals surface area contributed by atoms with Gasteiger partial charge in [-0.15, -0.1) is 0 Å². The maximum Gasteiger partial charge on any atom is 0.241 e. The van der Waals surface area contributed by atoms with Crippen molar-refractivity contribution in [1.82, 2.24) is 14.9 Å². The third-order valence-corrected chi connectivity index (χ3v) is 8.18. The highest BCUT2D eigenvalue weighted by atomic mass is 32.2. The molecule has 11 heteroatoms. The van der Waals surface area contributed by atoms with Crippen LogP contribution in [0.1, 0.15) is 29.6 Å². The van der Waals surface area contributed by atoms with Crippen LogP contribution in [0.5, 0.6) is 0 Å². The van der Waals surface area contributed by atoms with E-state index in [1.165, 1.54) is 18.2 Å². The first-order valence-electron chi connectivity index (χ1n) is 12.4. The molecule has 2 atom stereocenters. The largest absolute Gasteiger partial charge is 0.398 e. The molecule has 0 saturated carbocycles. The standard InChI is InChI=1S/C27H32N6O4S/c28-23-10-4-3-9-22(23)26(35)24(15-25(34)31-16-18-6-5-13-33(17-18)27(29)30)32-38(36,37)21-12-11-19-7-1-2-8-20(19)14-21/h1-4,7-12,14,18,24,32H,5-6,13,15-17,28H2,(H3,29,30)(H,31,34)/t18-,24+/m0/s1. The highest BCUT2D eigenvalue weighted by molar-refractivity contribution is 7.89. The molecule has 1 saturated heterocycles. The van der Waals surface area contributed by atoms with Gasteiger partial charge >= 0.3 is 0 Å². The van der Waals surface area contributed by atoms with Gasteiger partial charge in [-0.3, -0.25) is 15.0 Å². The van der Waals surface area contributed by atoms with E-state index in [4.69, 9.17) is 16.9 Å². The Kier molecular flexibility index (Phi) is 8.28. The fourth-order valence-corrected chi connectivity index (χ4v) is 5.88. The number of para-hydroxylation sites is 1. The zero-order valence-electron chi connectivity index (χ0n) is 20.9. The number of nitrogens with zero attached hydrogens (tertiary/aromatic N) is 1. The van der Waals surface area contributed by atoms with E-state index in [-0.39, 0.29) is 28.0 Å². The van der Waals surface area contributed by atoms with Gasteiger partial charge in [0.05, 0.1) is 17.4 Å². The molecule has 3 aromatic rings. The number of hydrogen-bond acceptors (Lipinski definition) is 6. The zero-order chi connectivity index (χ0) is 27.3. The molecule has 1 amide bonds. The number of likely N-dealkylation sites (tertiary alicyclic amines) is 1. The number of nitrogen functional groups attached to an aromatic ring is 1. The summed E-state index contributed by atoms with van der Waals surface area (Å²) in [6.07, 6.45) is 1.31. The summed E-state index contributed by atoms with van der Waals surface area (Å²) in [5.74, 6) is -0.984. The summed E-state index contributed by atoms with van der Waals surface area (Å²) in [5.41, 5.74) is 11.9. The predicted molar refractivity (Wildman–Crippen MR) is 147 cm³/mol. The summed E-state index contributed by atoms with van der Waals surface area (Å²) in [6, 6.07) is 17.0. The van der Waals surface area contributed by atoms with Gasteiger partial charge in [-0.05, 0) is 53.8 Å². The molecule has 0 aromatic heterocycles. The lowest BCUT2D eigenvalue weighted by atomic mass is 9.97. The Morgan fingerprint density at radius 2 is 1.76 bits per heavy atom. The molecule has 0 bridgehead atoms. The Morgan fingerprint density at radius 1 is 1.05 bits per heavy atom. The molecule has 7 N–H and O–H groups in total. The second-order valence-electron chi connectivity index (χ2n) is 9.48. The number of fused-ring (bicyclic) bond motifs is 1. The highest BCUT2D eigenvalue weighted by Crippen LogP contribution is 2.21. The molecular weight excluding hydrogens is 504 g/mol. The lowest BCUT2D eigenvalue weighted by molar-refractivity contribution is -0.121. The number of guanidine groups is 1. The first-order valence-corrected chi connectivity index (χ1v) is 13.9. The molecule has 38 heavy (non-hydrogen) atoms. The first-order chi connectivity index (χ1) is 18.1. The Labute approximate surface area is 221 Å². The number of nitrogens with two attached hydrogens (primary N) is 2. The number of amides is 1. The predicted octanol–water partition coefficient (Wildman–Crippen LogP) is 2.06. The van der Waals surface area contributed by atoms with Gasteiger partial charge in [0, 0.05) is 30.9 Å². The Morgan fingerprint density at radius 3 is 2.50 bits per heavy atom. The van der Waals surface area contributed by atoms with Crippen LogP contribution in [0, 0.1) is 11.3 Å². The summed E-state index contributed by atoms with van der Waals surface area (Å²) in [4.78, 5) is 28.1. The average molecular weight is 537 g/mol. The summed E-state index contributed by atoms with van der Waals surface area (Å²) >= 11 is 0. The average Bonchev–Trinajstić information content (AvgIpc) is 2.91. The molecule has 4 rings (SSSR count). The Hall–Kier alpha value is -3.96. The van der Waals surface area contributed by atoms with Crippen LogP contribution in [-0.2, 0) is 14.8 Å². The second-order valence-corrected chi connectivity index (χ2v) is 11.2. The van der Waals surface area contributed by atoms with Crippen LogP contribution in [-0.4, -0.2) is 56.6 Å². The summed E-state index contributed by atoms with van der Waals surface area (Å²) in [5, 5.41) is 12.1. The van der Waals surface area contributed by atoms with Crippen LogP contribution >= 0.6 is 0 Å². The van der Waals surface area contributed by atoms with Gasteiger partial charge in [-0.25, -0.2) is 8.42 Å². The number of nitrogens with one attached hydrogen (secondary N) is 3. The second kappa shape index (κ2) is 11.6. The van der Waals surface area contributed by atoms with Crippen molar-refractivity contribution in [3.05, 3.63) is 72.3 Å². The van der Waals surface area contributed by atoms with Crippen molar-refractivity contribution in [2.75, 3.05) is 25.4 Å². The smallest absolute Gasteiger partial charge is 0.241 e. The monoisotopic (exact) mass is 536 g/mol. The van der Waals surface area contributed by atoms with Crippen molar-refractivity contribution < 1.29 is 18.0 Å². The lowest BCUT2D eigenvalue weighted by Gasteiger charge is -2.33. The molecule has 1 aliphatic rings. The number of anilines is 1. The molecule has 1 heterocycles. The normalized spacial score (nSPS) is 16.6. The molecule has 10 nitrogen and oxygen atoms in total. The zero-order valence-corrected chi connectivity index (χ0v) is 21.7. The fourth-order valence-electron chi connectivity index (χ4n) is 4.65. The quantitative estimate of drug-likeness (QED) is 0.120. The maximum absolute atomic E-state index is 13.4. The van der Waals surface area contributed by atoms with Crippen LogP contribution in [0.25, 0.3) is 10.8 Å². The molecular formula is C27H32N6O4S. The Balaban J connectivity index is 1.52. The fraction of sp³-hybridized carbons (Fsp3) is 0.296. The Bertz CT molecular complexity index is 1460. The molecule has 0 aliphatic carbocycles. The molecule has 0 spiro atoms. The van der Waals surface area contributed by atoms with Gasteiger partial charge < -0.3 is 21.7 Å².